The maximum Gasteiger partial charge on any atom is 0.277 e. The number of nitrogens with one attached hydrogen (secondary N) is 2. The average molecular weight is 497 g/mol. The molecule has 1 fully saturated rings. The van der Waals surface area contributed by atoms with Crippen LogP contribution in [-0.2, 0) is 9.59 Å². The molecule has 0 spiro atoms. The first-order chi connectivity index (χ1) is 15.3. The Morgan fingerprint density at radius 3 is 2.34 bits per heavy atom. The van der Waals surface area contributed by atoms with Crippen LogP contribution < -0.4 is 15.5 Å². The van der Waals surface area contributed by atoms with E-state index < -0.39 is 5.91 Å². The van der Waals surface area contributed by atoms with E-state index in [1.807, 2.05) is 24.3 Å². The third kappa shape index (κ3) is 6.86. The van der Waals surface area contributed by atoms with Crippen molar-refractivity contribution in [3.05, 3.63) is 57.0 Å². The highest BCUT2D eigenvalue weighted by Gasteiger charge is 2.21. The third-order valence-corrected chi connectivity index (χ3v) is 6.25. The fraction of sp³-hybridized carbons (Fsp3) is 0.348. The molecule has 170 valence electrons. The zero-order chi connectivity index (χ0) is 23.1. The largest absolute Gasteiger partial charge is 0.482 e. The van der Waals surface area contributed by atoms with Crippen LogP contribution in [0.4, 0.5) is 5.69 Å². The molecule has 0 aromatic heterocycles. The number of halogens is 3. The van der Waals surface area contributed by atoms with Gasteiger partial charge in [0.15, 0.2) is 6.61 Å². The van der Waals surface area contributed by atoms with Crippen LogP contribution in [0.2, 0.25) is 15.1 Å². The van der Waals surface area contributed by atoms with E-state index in [1.54, 1.807) is 6.92 Å². The highest BCUT2D eigenvalue weighted by atomic mass is 35.5. The summed E-state index contributed by atoms with van der Waals surface area (Å²) in [5, 5.41) is 7.90. The van der Waals surface area contributed by atoms with Crippen molar-refractivity contribution in [1.29, 1.82) is 0 Å². The zero-order valence-corrected chi connectivity index (χ0v) is 19.9. The molecule has 0 bridgehead atoms. The summed E-state index contributed by atoms with van der Waals surface area (Å²) >= 11 is 17.8. The molecule has 0 aliphatic heterocycles. The summed E-state index contributed by atoms with van der Waals surface area (Å²) in [5.41, 5.74) is 4.60. The lowest BCUT2D eigenvalue weighted by Crippen LogP contribution is -2.25. The highest BCUT2D eigenvalue weighted by Crippen LogP contribution is 2.33. The minimum atomic E-state index is -0.456. The molecule has 2 amide bonds. The second kappa shape index (κ2) is 11.5. The molecule has 2 aromatic carbocycles. The predicted octanol–water partition coefficient (Wildman–Crippen LogP) is 6.08. The summed E-state index contributed by atoms with van der Waals surface area (Å²) in [6.45, 7) is 1.48. The van der Waals surface area contributed by atoms with Gasteiger partial charge >= 0.3 is 0 Å². The monoisotopic (exact) mass is 495 g/mol. The van der Waals surface area contributed by atoms with Crippen LogP contribution in [0, 0.1) is 5.92 Å². The van der Waals surface area contributed by atoms with E-state index in [9.17, 15) is 9.59 Å². The SMILES string of the molecule is C/C(=N\NC(=O)COc1cc(Cl)c(Cl)cc1Cl)c1ccc(NC(=O)C2CCCCC2)cc1. The van der Waals surface area contributed by atoms with Crippen LogP contribution in [0.25, 0.3) is 0 Å². The van der Waals surface area contributed by atoms with Crippen LogP contribution in [-0.4, -0.2) is 24.1 Å². The molecule has 1 aliphatic carbocycles. The summed E-state index contributed by atoms with van der Waals surface area (Å²) in [6.07, 6.45) is 5.35. The number of carbonyl (C=O) groups is 2. The van der Waals surface area contributed by atoms with Crippen molar-refractivity contribution in [2.75, 3.05) is 11.9 Å². The number of carbonyl (C=O) groups excluding carboxylic acids is 2. The van der Waals surface area contributed by atoms with Gasteiger partial charge in [0.05, 0.1) is 20.8 Å². The van der Waals surface area contributed by atoms with Gasteiger partial charge in [-0.3, -0.25) is 9.59 Å². The van der Waals surface area contributed by atoms with Gasteiger partial charge in [-0.1, -0.05) is 66.2 Å². The molecule has 0 heterocycles. The van der Waals surface area contributed by atoms with Gasteiger partial charge in [-0.2, -0.15) is 5.10 Å². The van der Waals surface area contributed by atoms with Gasteiger partial charge < -0.3 is 10.1 Å². The molecule has 0 radical (unpaired) electrons. The topological polar surface area (TPSA) is 79.8 Å². The van der Waals surface area contributed by atoms with Gasteiger partial charge in [-0.25, -0.2) is 5.43 Å². The Bertz CT molecular complexity index is 1000. The first-order valence-corrected chi connectivity index (χ1v) is 11.5. The van der Waals surface area contributed by atoms with Crippen molar-refractivity contribution >= 4 is 58.0 Å². The van der Waals surface area contributed by atoms with Crippen LogP contribution in [0.1, 0.15) is 44.6 Å². The fourth-order valence-corrected chi connectivity index (χ4v) is 4.00. The Labute approximate surface area is 202 Å². The highest BCUT2D eigenvalue weighted by molar-refractivity contribution is 6.43. The zero-order valence-electron chi connectivity index (χ0n) is 17.6. The lowest BCUT2D eigenvalue weighted by molar-refractivity contribution is -0.123. The van der Waals surface area contributed by atoms with Crippen LogP contribution in [0.5, 0.6) is 5.75 Å². The van der Waals surface area contributed by atoms with E-state index in [1.165, 1.54) is 18.6 Å². The van der Waals surface area contributed by atoms with E-state index in [0.717, 1.165) is 36.9 Å². The third-order valence-electron chi connectivity index (χ3n) is 5.23. The van der Waals surface area contributed by atoms with Crippen LogP contribution in [0.15, 0.2) is 41.5 Å². The number of benzene rings is 2. The van der Waals surface area contributed by atoms with Gasteiger partial charge in [0.1, 0.15) is 5.75 Å². The van der Waals surface area contributed by atoms with Crippen molar-refractivity contribution in [2.24, 2.45) is 11.0 Å². The predicted molar refractivity (Wildman–Crippen MR) is 129 cm³/mol. The molecule has 0 saturated heterocycles. The normalized spacial score (nSPS) is 14.7. The number of hydrogen-bond donors (Lipinski definition) is 2. The van der Waals surface area contributed by atoms with E-state index in [0.29, 0.717) is 10.7 Å². The molecule has 9 heteroatoms. The average Bonchev–Trinajstić information content (AvgIpc) is 2.80. The molecule has 0 unspecified atom stereocenters. The second-order valence-electron chi connectivity index (χ2n) is 7.62. The van der Waals surface area contributed by atoms with Crippen molar-refractivity contribution in [2.45, 2.75) is 39.0 Å². The maximum absolute atomic E-state index is 12.4. The van der Waals surface area contributed by atoms with Crippen molar-refractivity contribution in [3.8, 4) is 5.75 Å². The maximum atomic E-state index is 12.4. The summed E-state index contributed by atoms with van der Waals surface area (Å²) in [4.78, 5) is 24.4. The molecule has 2 aromatic rings. The molecule has 32 heavy (non-hydrogen) atoms. The first kappa shape index (κ1) is 24.4. The molecule has 1 aliphatic rings. The Hall–Kier alpha value is -2.28. The number of hydrazone groups is 1. The summed E-state index contributed by atoms with van der Waals surface area (Å²) in [6, 6.07) is 10.2. The number of anilines is 1. The van der Waals surface area contributed by atoms with E-state index in [4.69, 9.17) is 39.5 Å². The van der Waals surface area contributed by atoms with Crippen molar-refractivity contribution < 1.29 is 14.3 Å². The number of hydrogen-bond acceptors (Lipinski definition) is 4. The number of amides is 2. The lowest BCUT2D eigenvalue weighted by atomic mass is 9.88. The molecular formula is C23H24Cl3N3O3. The van der Waals surface area contributed by atoms with Gasteiger partial charge in [-0.05, 0) is 43.5 Å². The van der Waals surface area contributed by atoms with Crippen molar-refractivity contribution in [3.63, 3.8) is 0 Å². The molecule has 2 N–H and O–H groups in total. The smallest absolute Gasteiger partial charge is 0.277 e. The molecular weight excluding hydrogens is 473 g/mol. The van der Waals surface area contributed by atoms with E-state index in [-0.39, 0.29) is 34.2 Å². The minimum Gasteiger partial charge on any atom is -0.482 e. The quantitative estimate of drug-likeness (QED) is 0.277. The van der Waals surface area contributed by atoms with Gasteiger partial charge in [0.2, 0.25) is 5.91 Å². The van der Waals surface area contributed by atoms with Gasteiger partial charge in [0.25, 0.3) is 5.91 Å². The van der Waals surface area contributed by atoms with E-state index in [2.05, 4.69) is 15.8 Å². The Morgan fingerprint density at radius 1 is 1.00 bits per heavy atom. The van der Waals surface area contributed by atoms with Gasteiger partial charge in [0, 0.05) is 17.7 Å². The Kier molecular flexibility index (Phi) is 8.79. The molecule has 6 nitrogen and oxygen atoms in total. The van der Waals surface area contributed by atoms with Crippen LogP contribution in [0.3, 0.4) is 0 Å². The Balaban J connectivity index is 1.50. The summed E-state index contributed by atoms with van der Waals surface area (Å²) in [5.74, 6) is -0.0225. The molecule has 3 rings (SSSR count). The first-order valence-electron chi connectivity index (χ1n) is 10.4. The lowest BCUT2D eigenvalue weighted by Gasteiger charge is -2.20. The van der Waals surface area contributed by atoms with E-state index >= 15 is 0 Å². The van der Waals surface area contributed by atoms with Crippen molar-refractivity contribution in [1.82, 2.24) is 5.43 Å². The minimum absolute atomic E-state index is 0.0807. The number of nitrogens with zero attached hydrogens (tertiary/aromatic N) is 1. The Morgan fingerprint density at radius 2 is 1.66 bits per heavy atom. The number of ether oxygens (including phenoxy) is 1. The van der Waals surface area contributed by atoms with Crippen LogP contribution >= 0.6 is 34.8 Å². The van der Waals surface area contributed by atoms with Gasteiger partial charge in [-0.15, -0.1) is 0 Å². The standard InChI is InChI=1S/C23H24Cl3N3O3/c1-14(28-29-22(30)13-32-21-12-19(25)18(24)11-20(21)26)15-7-9-17(10-8-15)27-23(31)16-5-3-2-4-6-16/h7-12,16H,2-6,13H2,1H3,(H,27,31)(H,29,30)/b28-14+. The second-order valence-corrected chi connectivity index (χ2v) is 8.84. The summed E-state index contributed by atoms with van der Waals surface area (Å²) < 4.78 is 5.38. The number of rotatable bonds is 7. The molecule has 0 atom stereocenters. The summed E-state index contributed by atoms with van der Waals surface area (Å²) in [7, 11) is 0. The molecule has 1 saturated carbocycles. The fourth-order valence-electron chi connectivity index (χ4n) is 3.41.